The lowest BCUT2D eigenvalue weighted by atomic mass is 10.1. The summed E-state index contributed by atoms with van der Waals surface area (Å²) in [4.78, 5) is 2.48. The van der Waals surface area contributed by atoms with Crippen LogP contribution in [0.25, 0.3) is 0 Å². The van der Waals surface area contributed by atoms with Crippen LogP contribution in [0.5, 0.6) is 0 Å². The van der Waals surface area contributed by atoms with Crippen molar-refractivity contribution in [2.24, 2.45) is 0 Å². The number of benzene rings is 1. The van der Waals surface area contributed by atoms with Crippen LogP contribution in [0.2, 0.25) is 0 Å². The third-order valence-electron chi connectivity index (χ3n) is 3.22. The van der Waals surface area contributed by atoms with E-state index in [-0.39, 0.29) is 0 Å². The van der Waals surface area contributed by atoms with Gasteiger partial charge in [0.1, 0.15) is 0 Å². The summed E-state index contributed by atoms with van der Waals surface area (Å²) in [5, 5.41) is 3.51. The Morgan fingerprint density at radius 3 is 2.63 bits per heavy atom. The fourth-order valence-corrected chi connectivity index (χ4v) is 2.21. The zero-order chi connectivity index (χ0) is 13.9. The standard InChI is InChI=1S/C16H28N2O/c1-4-10-18(5-2)11-9-17-13-15-7-6-8-16(12-15)14-19-3/h6-8,12,17H,4-5,9-11,13-14H2,1-3H3. The van der Waals surface area contributed by atoms with Gasteiger partial charge in [-0.15, -0.1) is 0 Å². The van der Waals surface area contributed by atoms with Crippen LogP contribution >= 0.6 is 0 Å². The van der Waals surface area contributed by atoms with Gasteiger partial charge in [-0.05, 0) is 30.6 Å². The Morgan fingerprint density at radius 1 is 1.16 bits per heavy atom. The molecule has 0 fully saturated rings. The molecule has 0 aliphatic rings. The summed E-state index contributed by atoms with van der Waals surface area (Å²) in [6.07, 6.45) is 1.23. The molecule has 1 aromatic carbocycles. The van der Waals surface area contributed by atoms with Gasteiger partial charge in [-0.25, -0.2) is 0 Å². The van der Waals surface area contributed by atoms with Crippen molar-refractivity contribution in [2.45, 2.75) is 33.4 Å². The summed E-state index contributed by atoms with van der Waals surface area (Å²) >= 11 is 0. The summed E-state index contributed by atoms with van der Waals surface area (Å²) in [5.41, 5.74) is 2.57. The second kappa shape index (κ2) is 9.96. The number of likely N-dealkylation sites (N-methyl/N-ethyl adjacent to an activating group) is 1. The fraction of sp³-hybridized carbons (Fsp3) is 0.625. The molecule has 0 saturated heterocycles. The van der Waals surface area contributed by atoms with Crippen LogP contribution in [0, 0.1) is 0 Å². The number of nitrogens with one attached hydrogen (secondary N) is 1. The first kappa shape index (κ1) is 16.2. The largest absolute Gasteiger partial charge is 0.380 e. The van der Waals surface area contributed by atoms with Crippen LogP contribution in [0.15, 0.2) is 24.3 Å². The molecule has 0 aromatic heterocycles. The number of ether oxygens (including phenoxy) is 1. The van der Waals surface area contributed by atoms with Crippen LogP contribution in [0.4, 0.5) is 0 Å². The van der Waals surface area contributed by atoms with Gasteiger partial charge in [-0.1, -0.05) is 38.1 Å². The van der Waals surface area contributed by atoms with E-state index in [4.69, 9.17) is 4.74 Å². The number of methoxy groups -OCH3 is 1. The van der Waals surface area contributed by atoms with Crippen LogP contribution < -0.4 is 5.32 Å². The number of hydrogen-bond donors (Lipinski definition) is 1. The van der Waals surface area contributed by atoms with Crippen molar-refractivity contribution in [1.29, 1.82) is 0 Å². The molecule has 0 heterocycles. The van der Waals surface area contributed by atoms with E-state index in [1.807, 2.05) is 0 Å². The molecular formula is C16H28N2O. The van der Waals surface area contributed by atoms with Crippen molar-refractivity contribution >= 4 is 0 Å². The molecule has 0 atom stereocenters. The lowest BCUT2D eigenvalue weighted by Crippen LogP contribution is -2.32. The average Bonchev–Trinajstić information content (AvgIpc) is 2.43. The van der Waals surface area contributed by atoms with Crippen LogP contribution in [0.1, 0.15) is 31.4 Å². The highest BCUT2D eigenvalue weighted by molar-refractivity contribution is 5.22. The first-order valence-corrected chi connectivity index (χ1v) is 7.30. The number of hydrogen-bond acceptors (Lipinski definition) is 3. The Labute approximate surface area is 118 Å². The van der Waals surface area contributed by atoms with Crippen molar-refractivity contribution in [3.05, 3.63) is 35.4 Å². The summed E-state index contributed by atoms with van der Waals surface area (Å²) in [6.45, 7) is 10.6. The fourth-order valence-electron chi connectivity index (χ4n) is 2.21. The summed E-state index contributed by atoms with van der Waals surface area (Å²) in [7, 11) is 1.73. The maximum Gasteiger partial charge on any atom is 0.0713 e. The molecule has 0 radical (unpaired) electrons. The second-order valence-electron chi connectivity index (χ2n) is 4.86. The van der Waals surface area contributed by atoms with Crippen molar-refractivity contribution in [3.63, 3.8) is 0 Å². The first-order chi connectivity index (χ1) is 9.30. The van der Waals surface area contributed by atoms with E-state index in [2.05, 4.69) is 48.3 Å². The Kier molecular flexibility index (Phi) is 8.47. The van der Waals surface area contributed by atoms with Crippen LogP contribution in [0.3, 0.4) is 0 Å². The van der Waals surface area contributed by atoms with E-state index in [0.29, 0.717) is 6.61 Å². The summed E-state index contributed by atoms with van der Waals surface area (Å²) in [5.74, 6) is 0. The van der Waals surface area contributed by atoms with E-state index in [1.54, 1.807) is 7.11 Å². The quantitative estimate of drug-likeness (QED) is 0.658. The lowest BCUT2D eigenvalue weighted by molar-refractivity contribution is 0.185. The predicted molar refractivity (Wildman–Crippen MR) is 81.3 cm³/mol. The minimum absolute atomic E-state index is 0.688. The predicted octanol–water partition coefficient (Wildman–Crippen LogP) is 2.65. The van der Waals surface area contributed by atoms with Crippen LogP contribution in [-0.2, 0) is 17.9 Å². The van der Waals surface area contributed by atoms with Gasteiger partial charge in [0.15, 0.2) is 0 Å². The molecule has 108 valence electrons. The molecule has 0 unspecified atom stereocenters. The molecule has 1 rings (SSSR count). The molecule has 3 nitrogen and oxygen atoms in total. The zero-order valence-electron chi connectivity index (χ0n) is 12.6. The Hall–Kier alpha value is -0.900. The molecular weight excluding hydrogens is 236 g/mol. The smallest absolute Gasteiger partial charge is 0.0713 e. The molecule has 0 aliphatic heterocycles. The lowest BCUT2D eigenvalue weighted by Gasteiger charge is -2.19. The molecule has 3 heteroatoms. The van der Waals surface area contributed by atoms with Gasteiger partial charge in [0, 0.05) is 26.7 Å². The van der Waals surface area contributed by atoms with E-state index >= 15 is 0 Å². The second-order valence-corrected chi connectivity index (χ2v) is 4.86. The SMILES string of the molecule is CCCN(CC)CCNCc1cccc(COC)c1. The highest BCUT2D eigenvalue weighted by Crippen LogP contribution is 2.06. The molecule has 0 spiro atoms. The van der Waals surface area contributed by atoms with Gasteiger partial charge in [-0.2, -0.15) is 0 Å². The molecule has 1 N–H and O–H groups in total. The zero-order valence-corrected chi connectivity index (χ0v) is 12.6. The molecule has 0 amide bonds. The van der Waals surface area contributed by atoms with Gasteiger partial charge < -0.3 is 15.0 Å². The molecule has 0 saturated carbocycles. The maximum atomic E-state index is 5.15. The maximum absolute atomic E-state index is 5.15. The minimum atomic E-state index is 0.688. The van der Waals surface area contributed by atoms with Crippen molar-refractivity contribution in [3.8, 4) is 0 Å². The van der Waals surface area contributed by atoms with Crippen molar-refractivity contribution in [1.82, 2.24) is 10.2 Å². The van der Waals surface area contributed by atoms with Gasteiger partial charge in [-0.3, -0.25) is 0 Å². The number of nitrogens with zero attached hydrogens (tertiary/aromatic N) is 1. The molecule has 19 heavy (non-hydrogen) atoms. The van der Waals surface area contributed by atoms with Crippen LogP contribution in [-0.4, -0.2) is 38.2 Å². The molecule has 0 aliphatic carbocycles. The monoisotopic (exact) mass is 264 g/mol. The number of rotatable bonds is 10. The Balaban J connectivity index is 2.26. The van der Waals surface area contributed by atoms with E-state index in [0.717, 1.165) is 26.2 Å². The van der Waals surface area contributed by atoms with Crippen molar-refractivity contribution in [2.75, 3.05) is 33.3 Å². The minimum Gasteiger partial charge on any atom is -0.380 e. The van der Waals surface area contributed by atoms with Gasteiger partial charge >= 0.3 is 0 Å². The third-order valence-corrected chi connectivity index (χ3v) is 3.22. The van der Waals surface area contributed by atoms with Gasteiger partial charge in [0.05, 0.1) is 6.61 Å². The van der Waals surface area contributed by atoms with E-state index in [9.17, 15) is 0 Å². The topological polar surface area (TPSA) is 24.5 Å². The van der Waals surface area contributed by atoms with Crippen molar-refractivity contribution < 1.29 is 4.74 Å². The first-order valence-electron chi connectivity index (χ1n) is 7.30. The summed E-state index contributed by atoms with van der Waals surface area (Å²) in [6, 6.07) is 8.57. The molecule has 0 bridgehead atoms. The Bertz CT molecular complexity index is 341. The van der Waals surface area contributed by atoms with Gasteiger partial charge in [0.25, 0.3) is 0 Å². The highest BCUT2D eigenvalue weighted by atomic mass is 16.5. The molecule has 1 aromatic rings. The van der Waals surface area contributed by atoms with E-state index < -0.39 is 0 Å². The van der Waals surface area contributed by atoms with E-state index in [1.165, 1.54) is 24.1 Å². The normalized spacial score (nSPS) is 11.2. The highest BCUT2D eigenvalue weighted by Gasteiger charge is 2.00. The third kappa shape index (κ3) is 6.71. The van der Waals surface area contributed by atoms with Gasteiger partial charge in [0.2, 0.25) is 0 Å². The Morgan fingerprint density at radius 2 is 1.95 bits per heavy atom. The average molecular weight is 264 g/mol. The summed E-state index contributed by atoms with van der Waals surface area (Å²) < 4.78 is 5.15.